The van der Waals surface area contributed by atoms with Crippen molar-refractivity contribution in [2.75, 3.05) is 7.11 Å². The summed E-state index contributed by atoms with van der Waals surface area (Å²) in [6.07, 6.45) is 1.78. The lowest BCUT2D eigenvalue weighted by atomic mass is 10.3. The van der Waals surface area contributed by atoms with Crippen molar-refractivity contribution in [1.29, 1.82) is 0 Å². The first-order chi connectivity index (χ1) is 7.19. The highest BCUT2D eigenvalue weighted by molar-refractivity contribution is 6.31. The SMILES string of the molecule is COC(=O)Cn1cc2ccc(Cl)cc2n1. The number of benzene rings is 1. The van der Waals surface area contributed by atoms with Crippen molar-refractivity contribution < 1.29 is 9.53 Å². The predicted octanol–water partition coefficient (Wildman–Crippen LogP) is 1.86. The lowest BCUT2D eigenvalue weighted by molar-refractivity contribution is -0.141. The Hall–Kier alpha value is -1.55. The number of aromatic nitrogens is 2. The van der Waals surface area contributed by atoms with Crippen LogP contribution >= 0.6 is 11.6 Å². The second-order valence-corrected chi connectivity index (χ2v) is 3.54. The number of methoxy groups -OCH3 is 1. The third kappa shape index (κ3) is 2.10. The maximum absolute atomic E-state index is 11.0. The Morgan fingerprint density at radius 2 is 2.40 bits per heavy atom. The van der Waals surface area contributed by atoms with E-state index < -0.39 is 0 Å². The van der Waals surface area contributed by atoms with Gasteiger partial charge in [0, 0.05) is 16.6 Å². The molecule has 1 aromatic heterocycles. The summed E-state index contributed by atoms with van der Waals surface area (Å²) in [5.74, 6) is -0.325. The van der Waals surface area contributed by atoms with Crippen molar-refractivity contribution in [3.63, 3.8) is 0 Å². The normalized spacial score (nSPS) is 10.5. The summed E-state index contributed by atoms with van der Waals surface area (Å²) < 4.78 is 6.08. The van der Waals surface area contributed by atoms with Crippen LogP contribution in [0.4, 0.5) is 0 Å². The van der Waals surface area contributed by atoms with Crippen molar-refractivity contribution in [2.45, 2.75) is 6.54 Å². The van der Waals surface area contributed by atoms with E-state index in [1.54, 1.807) is 18.3 Å². The van der Waals surface area contributed by atoms with E-state index >= 15 is 0 Å². The molecule has 0 amide bonds. The van der Waals surface area contributed by atoms with Gasteiger partial charge < -0.3 is 4.74 Å². The van der Waals surface area contributed by atoms with Gasteiger partial charge in [0.05, 0.1) is 12.6 Å². The van der Waals surface area contributed by atoms with Crippen molar-refractivity contribution in [3.8, 4) is 0 Å². The number of ether oxygens (including phenoxy) is 1. The lowest BCUT2D eigenvalue weighted by Gasteiger charge is -1.97. The van der Waals surface area contributed by atoms with E-state index in [2.05, 4.69) is 9.84 Å². The number of carbonyl (C=O) groups excluding carboxylic acids is 1. The second-order valence-electron chi connectivity index (χ2n) is 3.11. The average molecular weight is 225 g/mol. The molecule has 0 radical (unpaired) electrons. The molecule has 0 aliphatic rings. The van der Waals surface area contributed by atoms with Gasteiger partial charge in [0.2, 0.25) is 0 Å². The summed E-state index contributed by atoms with van der Waals surface area (Å²) in [7, 11) is 1.35. The highest BCUT2D eigenvalue weighted by Gasteiger charge is 2.05. The number of hydrogen-bond acceptors (Lipinski definition) is 3. The Morgan fingerprint density at radius 3 is 3.13 bits per heavy atom. The van der Waals surface area contributed by atoms with Crippen molar-refractivity contribution in [3.05, 3.63) is 29.4 Å². The topological polar surface area (TPSA) is 44.1 Å². The number of esters is 1. The Morgan fingerprint density at radius 1 is 1.60 bits per heavy atom. The molecule has 2 rings (SSSR count). The molecule has 0 fully saturated rings. The minimum Gasteiger partial charge on any atom is -0.468 e. The minimum absolute atomic E-state index is 0.114. The molecular formula is C10H9ClN2O2. The standard InChI is InChI=1S/C10H9ClN2O2/c1-15-10(14)6-13-5-7-2-3-8(11)4-9(7)12-13/h2-5H,6H2,1H3. The zero-order valence-electron chi connectivity index (χ0n) is 8.11. The van der Waals surface area contributed by atoms with Crippen molar-refractivity contribution >= 4 is 28.5 Å². The van der Waals surface area contributed by atoms with Crippen LogP contribution in [0, 0.1) is 0 Å². The largest absolute Gasteiger partial charge is 0.468 e. The van der Waals surface area contributed by atoms with Gasteiger partial charge in [-0.1, -0.05) is 11.6 Å². The predicted molar refractivity (Wildman–Crippen MR) is 56.8 cm³/mol. The van der Waals surface area contributed by atoms with E-state index in [4.69, 9.17) is 11.6 Å². The van der Waals surface area contributed by atoms with Crippen LogP contribution in [0.25, 0.3) is 10.9 Å². The summed E-state index contributed by atoms with van der Waals surface area (Å²) in [4.78, 5) is 11.0. The summed E-state index contributed by atoms with van der Waals surface area (Å²) in [6.45, 7) is 0.114. The third-order valence-corrected chi connectivity index (χ3v) is 2.27. The molecule has 0 saturated carbocycles. The maximum Gasteiger partial charge on any atom is 0.327 e. The number of fused-ring (bicyclic) bond motifs is 1. The fourth-order valence-electron chi connectivity index (χ4n) is 1.32. The first-order valence-corrected chi connectivity index (χ1v) is 4.76. The van der Waals surface area contributed by atoms with Crippen LogP contribution in [0.1, 0.15) is 0 Å². The van der Waals surface area contributed by atoms with Gasteiger partial charge in [-0.3, -0.25) is 9.48 Å². The van der Waals surface area contributed by atoms with Crippen molar-refractivity contribution in [2.24, 2.45) is 0 Å². The lowest BCUT2D eigenvalue weighted by Crippen LogP contribution is -2.11. The van der Waals surface area contributed by atoms with Gasteiger partial charge in [-0.05, 0) is 18.2 Å². The molecule has 1 heterocycles. The number of rotatable bonds is 2. The van der Waals surface area contributed by atoms with E-state index in [-0.39, 0.29) is 12.5 Å². The Bertz CT molecular complexity index is 507. The molecule has 0 bridgehead atoms. The zero-order chi connectivity index (χ0) is 10.8. The molecule has 0 aliphatic carbocycles. The first-order valence-electron chi connectivity index (χ1n) is 4.38. The van der Waals surface area contributed by atoms with Crippen LogP contribution in [-0.2, 0) is 16.1 Å². The number of halogens is 1. The molecule has 0 N–H and O–H groups in total. The molecule has 2 aromatic rings. The van der Waals surface area contributed by atoms with Crippen molar-refractivity contribution in [1.82, 2.24) is 9.78 Å². The average Bonchev–Trinajstić information content (AvgIpc) is 2.59. The van der Waals surface area contributed by atoms with Gasteiger partial charge in [0.25, 0.3) is 0 Å². The van der Waals surface area contributed by atoms with Crippen LogP contribution in [0.15, 0.2) is 24.4 Å². The number of hydrogen-bond donors (Lipinski definition) is 0. The molecule has 0 atom stereocenters. The van der Waals surface area contributed by atoms with E-state index in [0.29, 0.717) is 5.02 Å². The molecular weight excluding hydrogens is 216 g/mol. The van der Waals surface area contributed by atoms with Gasteiger partial charge in [-0.25, -0.2) is 0 Å². The quantitative estimate of drug-likeness (QED) is 0.732. The molecule has 0 aliphatic heterocycles. The van der Waals surface area contributed by atoms with E-state index in [9.17, 15) is 4.79 Å². The highest BCUT2D eigenvalue weighted by atomic mass is 35.5. The zero-order valence-corrected chi connectivity index (χ0v) is 8.86. The Kier molecular flexibility index (Phi) is 2.60. The number of carbonyl (C=O) groups is 1. The minimum atomic E-state index is -0.325. The van der Waals surface area contributed by atoms with Crippen LogP contribution in [0.2, 0.25) is 5.02 Å². The van der Waals surface area contributed by atoms with Crippen LogP contribution < -0.4 is 0 Å². The maximum atomic E-state index is 11.0. The fourth-order valence-corrected chi connectivity index (χ4v) is 1.48. The first kappa shape index (κ1) is 9.98. The summed E-state index contributed by atoms with van der Waals surface area (Å²) in [5, 5.41) is 5.77. The molecule has 15 heavy (non-hydrogen) atoms. The molecule has 0 spiro atoms. The molecule has 0 saturated heterocycles. The van der Waals surface area contributed by atoms with Gasteiger partial charge >= 0.3 is 5.97 Å². The summed E-state index contributed by atoms with van der Waals surface area (Å²) in [6, 6.07) is 5.40. The van der Waals surface area contributed by atoms with E-state index in [1.807, 2.05) is 6.07 Å². The molecule has 0 unspecified atom stereocenters. The van der Waals surface area contributed by atoms with Crippen LogP contribution in [-0.4, -0.2) is 22.9 Å². The van der Waals surface area contributed by atoms with Crippen LogP contribution in [0.5, 0.6) is 0 Å². The highest BCUT2D eigenvalue weighted by Crippen LogP contribution is 2.17. The summed E-state index contributed by atoms with van der Waals surface area (Å²) >= 11 is 5.82. The monoisotopic (exact) mass is 224 g/mol. The summed E-state index contributed by atoms with van der Waals surface area (Å²) in [5.41, 5.74) is 0.770. The van der Waals surface area contributed by atoms with Gasteiger partial charge in [0.15, 0.2) is 0 Å². The van der Waals surface area contributed by atoms with Gasteiger partial charge in [0.1, 0.15) is 6.54 Å². The van der Waals surface area contributed by atoms with E-state index in [0.717, 1.165) is 10.9 Å². The Balaban J connectivity index is 2.34. The molecule has 78 valence electrons. The fraction of sp³-hybridized carbons (Fsp3) is 0.200. The number of nitrogens with zero attached hydrogens (tertiary/aromatic N) is 2. The smallest absolute Gasteiger partial charge is 0.327 e. The second kappa shape index (κ2) is 3.90. The van der Waals surface area contributed by atoms with Gasteiger partial charge in [-0.15, -0.1) is 0 Å². The molecule has 4 nitrogen and oxygen atoms in total. The third-order valence-electron chi connectivity index (χ3n) is 2.04. The Labute approximate surface area is 91.4 Å². The van der Waals surface area contributed by atoms with E-state index in [1.165, 1.54) is 11.8 Å². The molecule has 5 heteroatoms. The van der Waals surface area contributed by atoms with Gasteiger partial charge in [-0.2, -0.15) is 5.10 Å². The molecule has 1 aromatic carbocycles. The van der Waals surface area contributed by atoms with Crippen LogP contribution in [0.3, 0.4) is 0 Å².